The minimum Gasteiger partial charge on any atom is -0.437 e. The smallest absolute Gasteiger partial charge is 0.221 e. The van der Waals surface area contributed by atoms with Crippen LogP contribution in [0.25, 0.3) is 0 Å². The fraction of sp³-hybridized carbons (Fsp3) is 0.0714. The van der Waals surface area contributed by atoms with Gasteiger partial charge in [-0.1, -0.05) is 30.4 Å². The summed E-state index contributed by atoms with van der Waals surface area (Å²) in [5, 5.41) is 2.69. The second kappa shape index (κ2) is 6.12. The highest BCUT2D eigenvalue weighted by Gasteiger charge is 2.07. The number of amides is 1. The molecule has 1 aromatic heterocycles. The van der Waals surface area contributed by atoms with Crippen molar-refractivity contribution in [3.05, 3.63) is 48.2 Å². The molecule has 0 aliphatic heterocycles. The lowest BCUT2D eigenvalue weighted by Gasteiger charge is -2.11. The Morgan fingerprint density at radius 3 is 2.70 bits per heavy atom. The van der Waals surface area contributed by atoms with E-state index in [4.69, 9.17) is 22.7 Å². The number of aromatic nitrogens is 1. The number of anilines is 1. The Morgan fingerprint density at radius 2 is 2.00 bits per heavy atom. The van der Waals surface area contributed by atoms with Crippen molar-refractivity contribution in [1.82, 2.24) is 4.98 Å². The van der Waals surface area contributed by atoms with Gasteiger partial charge in [-0.25, -0.2) is 4.98 Å². The summed E-state index contributed by atoms with van der Waals surface area (Å²) in [6.45, 7) is 1.43. The molecule has 1 amide bonds. The molecule has 2 rings (SSSR count). The van der Waals surface area contributed by atoms with Crippen LogP contribution in [0, 0.1) is 0 Å². The molecule has 102 valence electrons. The van der Waals surface area contributed by atoms with Crippen molar-refractivity contribution in [2.45, 2.75) is 6.92 Å². The number of hydrogen-bond donors (Lipinski definition) is 2. The Balaban J connectivity index is 2.28. The van der Waals surface area contributed by atoms with Gasteiger partial charge in [0, 0.05) is 13.0 Å². The Kier molecular flexibility index (Phi) is 4.27. The van der Waals surface area contributed by atoms with Gasteiger partial charge < -0.3 is 15.8 Å². The van der Waals surface area contributed by atoms with E-state index in [2.05, 4.69) is 10.3 Å². The van der Waals surface area contributed by atoms with Gasteiger partial charge in [0.15, 0.2) is 5.75 Å². The molecular formula is C14H13N3O2S. The highest BCUT2D eigenvalue weighted by molar-refractivity contribution is 7.80. The third kappa shape index (κ3) is 3.52. The van der Waals surface area contributed by atoms with E-state index in [1.165, 1.54) is 6.92 Å². The number of thiocarbonyl (C=S) groups is 1. The van der Waals surface area contributed by atoms with Crippen LogP contribution < -0.4 is 15.8 Å². The zero-order chi connectivity index (χ0) is 14.5. The van der Waals surface area contributed by atoms with Crippen molar-refractivity contribution >= 4 is 28.8 Å². The summed E-state index contributed by atoms with van der Waals surface area (Å²) in [5.74, 6) is 0.675. The third-order valence-electron chi connectivity index (χ3n) is 2.39. The van der Waals surface area contributed by atoms with E-state index in [0.717, 1.165) is 0 Å². The highest BCUT2D eigenvalue weighted by atomic mass is 32.1. The number of ether oxygens (including phenoxy) is 1. The lowest BCUT2D eigenvalue weighted by Crippen LogP contribution is -2.11. The van der Waals surface area contributed by atoms with E-state index in [1.807, 2.05) is 0 Å². The van der Waals surface area contributed by atoms with Gasteiger partial charge in [-0.15, -0.1) is 0 Å². The van der Waals surface area contributed by atoms with Crippen LogP contribution in [0.15, 0.2) is 42.5 Å². The monoisotopic (exact) mass is 287 g/mol. The molecule has 2 aromatic rings. The van der Waals surface area contributed by atoms with Crippen LogP contribution >= 0.6 is 12.2 Å². The van der Waals surface area contributed by atoms with Crippen molar-refractivity contribution < 1.29 is 9.53 Å². The van der Waals surface area contributed by atoms with E-state index in [1.54, 1.807) is 42.5 Å². The fourth-order valence-electron chi connectivity index (χ4n) is 1.57. The topological polar surface area (TPSA) is 77.2 Å². The number of hydrogen-bond acceptors (Lipinski definition) is 4. The number of nitrogens with zero attached hydrogens (tertiary/aromatic N) is 1. The summed E-state index contributed by atoms with van der Waals surface area (Å²) in [6, 6.07) is 12.2. The van der Waals surface area contributed by atoms with Crippen LogP contribution in [-0.4, -0.2) is 15.9 Å². The van der Waals surface area contributed by atoms with Crippen molar-refractivity contribution in [2.24, 2.45) is 5.73 Å². The minimum absolute atomic E-state index is 0.175. The number of benzene rings is 1. The Labute approximate surface area is 121 Å². The minimum atomic E-state index is -0.175. The maximum Gasteiger partial charge on any atom is 0.221 e. The molecule has 0 saturated heterocycles. The first-order valence-electron chi connectivity index (χ1n) is 5.87. The first-order chi connectivity index (χ1) is 9.56. The van der Waals surface area contributed by atoms with Gasteiger partial charge in [0.1, 0.15) is 10.7 Å². The lowest BCUT2D eigenvalue weighted by atomic mass is 10.3. The number of carbonyl (C=O) groups excluding carboxylic acids is 1. The van der Waals surface area contributed by atoms with Crippen molar-refractivity contribution in [2.75, 3.05) is 5.32 Å². The maximum absolute atomic E-state index is 11.1. The average molecular weight is 287 g/mol. The Morgan fingerprint density at radius 1 is 1.25 bits per heavy atom. The van der Waals surface area contributed by atoms with Gasteiger partial charge in [-0.05, 0) is 18.2 Å². The number of para-hydroxylation sites is 2. The molecule has 20 heavy (non-hydrogen) atoms. The molecule has 0 aliphatic rings. The van der Waals surface area contributed by atoms with Crippen LogP contribution in [0.1, 0.15) is 12.6 Å². The molecule has 0 unspecified atom stereocenters. The van der Waals surface area contributed by atoms with Gasteiger partial charge in [0.25, 0.3) is 0 Å². The molecule has 0 saturated carbocycles. The van der Waals surface area contributed by atoms with Crippen LogP contribution in [-0.2, 0) is 4.79 Å². The summed E-state index contributed by atoms with van der Waals surface area (Å²) >= 11 is 4.87. The lowest BCUT2D eigenvalue weighted by molar-refractivity contribution is -0.114. The predicted octanol–water partition coefficient (Wildman–Crippen LogP) is 2.47. The van der Waals surface area contributed by atoms with Gasteiger partial charge in [-0.2, -0.15) is 0 Å². The molecule has 0 spiro atoms. The normalized spacial score (nSPS) is 9.85. The van der Waals surface area contributed by atoms with E-state index < -0.39 is 0 Å². The van der Waals surface area contributed by atoms with Crippen molar-refractivity contribution in [3.8, 4) is 11.6 Å². The van der Waals surface area contributed by atoms with Crippen molar-refractivity contribution in [1.29, 1.82) is 0 Å². The van der Waals surface area contributed by atoms with Gasteiger partial charge in [0.2, 0.25) is 11.8 Å². The van der Waals surface area contributed by atoms with E-state index in [0.29, 0.717) is 23.0 Å². The zero-order valence-corrected chi connectivity index (χ0v) is 11.6. The van der Waals surface area contributed by atoms with Crippen LogP contribution in [0.4, 0.5) is 5.69 Å². The van der Waals surface area contributed by atoms with Gasteiger partial charge >= 0.3 is 0 Å². The Hall–Kier alpha value is -2.47. The SMILES string of the molecule is CC(=O)Nc1ccccc1Oc1cccc(C(N)=S)n1. The molecular weight excluding hydrogens is 274 g/mol. The van der Waals surface area contributed by atoms with E-state index >= 15 is 0 Å². The van der Waals surface area contributed by atoms with E-state index in [-0.39, 0.29) is 10.9 Å². The number of carbonyl (C=O) groups is 1. The summed E-state index contributed by atoms with van der Waals surface area (Å²) in [7, 11) is 0. The number of nitrogens with one attached hydrogen (secondary N) is 1. The predicted molar refractivity (Wildman–Crippen MR) is 80.9 cm³/mol. The summed E-state index contributed by atoms with van der Waals surface area (Å²) in [5.41, 5.74) is 6.58. The van der Waals surface area contributed by atoms with Crippen LogP contribution in [0.3, 0.4) is 0 Å². The molecule has 3 N–H and O–H groups in total. The molecule has 0 fully saturated rings. The van der Waals surface area contributed by atoms with Gasteiger partial charge in [0.05, 0.1) is 5.69 Å². The average Bonchev–Trinajstić information content (AvgIpc) is 2.41. The number of pyridine rings is 1. The maximum atomic E-state index is 11.1. The van der Waals surface area contributed by atoms with Gasteiger partial charge in [-0.3, -0.25) is 4.79 Å². The summed E-state index contributed by atoms with van der Waals surface area (Å²) in [4.78, 5) is 15.5. The Bertz CT molecular complexity index is 658. The standard InChI is InChI=1S/C14H13N3O2S/c1-9(18)16-10-5-2-3-7-12(10)19-13-8-4-6-11(17-13)14(15)20/h2-8H,1H3,(H2,15,20)(H,16,18). The fourth-order valence-corrected chi connectivity index (χ4v) is 1.68. The third-order valence-corrected chi connectivity index (χ3v) is 2.60. The first kappa shape index (κ1) is 14.0. The molecule has 0 bridgehead atoms. The highest BCUT2D eigenvalue weighted by Crippen LogP contribution is 2.28. The molecule has 5 nitrogen and oxygen atoms in total. The summed E-state index contributed by atoms with van der Waals surface area (Å²) < 4.78 is 5.66. The first-order valence-corrected chi connectivity index (χ1v) is 6.28. The number of rotatable bonds is 4. The molecule has 1 aromatic carbocycles. The van der Waals surface area contributed by atoms with Crippen LogP contribution in [0.2, 0.25) is 0 Å². The van der Waals surface area contributed by atoms with E-state index in [9.17, 15) is 4.79 Å². The molecule has 0 atom stereocenters. The second-order valence-corrected chi connectivity index (χ2v) is 4.44. The van der Waals surface area contributed by atoms with Crippen LogP contribution in [0.5, 0.6) is 11.6 Å². The number of nitrogens with two attached hydrogens (primary N) is 1. The molecule has 1 heterocycles. The molecule has 0 aliphatic carbocycles. The molecule has 6 heteroatoms. The quantitative estimate of drug-likeness (QED) is 0.845. The second-order valence-electron chi connectivity index (χ2n) is 4.00. The largest absolute Gasteiger partial charge is 0.437 e. The van der Waals surface area contributed by atoms with Crippen molar-refractivity contribution in [3.63, 3.8) is 0 Å². The zero-order valence-electron chi connectivity index (χ0n) is 10.8. The summed E-state index contributed by atoms with van der Waals surface area (Å²) in [6.07, 6.45) is 0. The molecule has 0 radical (unpaired) electrons.